The Morgan fingerprint density at radius 1 is 1.03 bits per heavy atom. The number of amides is 1. The molecule has 0 aliphatic carbocycles. The van der Waals surface area contributed by atoms with E-state index in [2.05, 4.69) is 29.2 Å². The number of rotatable bonds is 11. The van der Waals surface area contributed by atoms with Gasteiger partial charge in [-0.3, -0.25) is 14.2 Å². The molecule has 0 saturated carbocycles. The summed E-state index contributed by atoms with van der Waals surface area (Å²) in [5.41, 5.74) is 3.14. The topological polar surface area (TPSA) is 55.2 Å². The maximum atomic E-state index is 13.0. The van der Waals surface area contributed by atoms with Gasteiger partial charge in [-0.2, -0.15) is 0 Å². The zero-order valence-corrected chi connectivity index (χ0v) is 19.7. The summed E-state index contributed by atoms with van der Waals surface area (Å²) in [4.78, 5) is 31.6. The SMILES string of the molecule is CCc1cc(=O)n(C)c(SCCCC(=O)N(CCc2ccccc2)Cc2ccccc2)n1. The molecule has 3 rings (SSSR count). The molecule has 0 atom stereocenters. The zero-order chi connectivity index (χ0) is 22.8. The molecule has 0 spiro atoms. The Morgan fingerprint density at radius 3 is 2.34 bits per heavy atom. The number of hydrogen-bond donors (Lipinski definition) is 0. The van der Waals surface area contributed by atoms with Crippen LogP contribution in [0, 0.1) is 0 Å². The Morgan fingerprint density at radius 2 is 1.69 bits per heavy atom. The Bertz CT molecular complexity index is 1050. The molecular weight excluding hydrogens is 418 g/mol. The molecule has 6 heteroatoms. The van der Waals surface area contributed by atoms with Crippen LogP contribution in [0.2, 0.25) is 0 Å². The highest BCUT2D eigenvalue weighted by atomic mass is 32.2. The smallest absolute Gasteiger partial charge is 0.254 e. The van der Waals surface area contributed by atoms with E-state index in [9.17, 15) is 9.59 Å². The molecule has 2 aromatic carbocycles. The maximum Gasteiger partial charge on any atom is 0.254 e. The number of benzene rings is 2. The fourth-order valence-electron chi connectivity index (χ4n) is 3.42. The van der Waals surface area contributed by atoms with E-state index in [0.29, 0.717) is 24.7 Å². The predicted molar refractivity (Wildman–Crippen MR) is 131 cm³/mol. The average molecular weight is 450 g/mol. The quantitative estimate of drug-likeness (QED) is 0.246. The van der Waals surface area contributed by atoms with Crippen LogP contribution in [-0.2, 0) is 31.2 Å². The van der Waals surface area contributed by atoms with Crippen LogP contribution in [0.25, 0.3) is 0 Å². The molecule has 0 N–H and O–H groups in total. The van der Waals surface area contributed by atoms with Crippen LogP contribution in [0.15, 0.2) is 76.7 Å². The Labute approximate surface area is 194 Å². The number of aromatic nitrogens is 2. The van der Waals surface area contributed by atoms with Gasteiger partial charge in [0.15, 0.2) is 5.16 Å². The van der Waals surface area contributed by atoms with Crippen molar-refractivity contribution in [1.82, 2.24) is 14.5 Å². The largest absolute Gasteiger partial charge is 0.338 e. The van der Waals surface area contributed by atoms with Crippen molar-refractivity contribution in [2.75, 3.05) is 12.3 Å². The van der Waals surface area contributed by atoms with Crippen LogP contribution < -0.4 is 5.56 Å². The molecule has 0 saturated heterocycles. The molecule has 0 fully saturated rings. The van der Waals surface area contributed by atoms with Crippen LogP contribution in [0.1, 0.15) is 36.6 Å². The van der Waals surface area contributed by atoms with E-state index in [1.807, 2.05) is 48.2 Å². The number of hydrogen-bond acceptors (Lipinski definition) is 4. The summed E-state index contributed by atoms with van der Waals surface area (Å²) >= 11 is 1.54. The van der Waals surface area contributed by atoms with Gasteiger partial charge in [0.25, 0.3) is 5.56 Å². The lowest BCUT2D eigenvalue weighted by Crippen LogP contribution is -2.32. The van der Waals surface area contributed by atoms with Gasteiger partial charge in [-0.25, -0.2) is 4.98 Å². The number of thioether (sulfide) groups is 1. The summed E-state index contributed by atoms with van der Waals surface area (Å²) in [6.45, 7) is 3.30. The lowest BCUT2D eigenvalue weighted by Gasteiger charge is -2.23. The lowest BCUT2D eigenvalue weighted by molar-refractivity contribution is -0.131. The normalized spacial score (nSPS) is 10.8. The van der Waals surface area contributed by atoms with E-state index in [0.717, 1.165) is 36.3 Å². The molecule has 5 nitrogen and oxygen atoms in total. The maximum absolute atomic E-state index is 13.0. The van der Waals surface area contributed by atoms with Crippen molar-refractivity contribution in [3.8, 4) is 0 Å². The molecule has 1 heterocycles. The molecule has 0 aliphatic heterocycles. The highest BCUT2D eigenvalue weighted by Crippen LogP contribution is 2.17. The lowest BCUT2D eigenvalue weighted by atomic mass is 10.1. The first-order chi connectivity index (χ1) is 15.6. The number of aryl methyl sites for hydroxylation is 1. The Kier molecular flexibility index (Phi) is 9.11. The van der Waals surface area contributed by atoms with Gasteiger partial charge in [0, 0.05) is 44.1 Å². The Hall–Kier alpha value is -2.86. The van der Waals surface area contributed by atoms with E-state index in [1.165, 1.54) is 17.3 Å². The highest BCUT2D eigenvalue weighted by Gasteiger charge is 2.14. The zero-order valence-electron chi connectivity index (χ0n) is 18.9. The summed E-state index contributed by atoms with van der Waals surface area (Å²) in [5.74, 6) is 0.909. The van der Waals surface area contributed by atoms with Crippen molar-refractivity contribution in [3.63, 3.8) is 0 Å². The van der Waals surface area contributed by atoms with Crippen LogP contribution >= 0.6 is 11.8 Å². The van der Waals surface area contributed by atoms with E-state index in [1.54, 1.807) is 17.7 Å². The summed E-state index contributed by atoms with van der Waals surface area (Å²) < 4.78 is 1.58. The first-order valence-corrected chi connectivity index (χ1v) is 12.1. The van der Waals surface area contributed by atoms with E-state index in [4.69, 9.17) is 0 Å². The van der Waals surface area contributed by atoms with Crippen molar-refractivity contribution in [1.29, 1.82) is 0 Å². The average Bonchev–Trinajstić information content (AvgIpc) is 2.83. The van der Waals surface area contributed by atoms with Crippen LogP contribution in [-0.4, -0.2) is 32.7 Å². The van der Waals surface area contributed by atoms with Gasteiger partial charge in [0.1, 0.15) is 0 Å². The molecule has 32 heavy (non-hydrogen) atoms. The van der Waals surface area contributed by atoms with Crippen LogP contribution in [0.5, 0.6) is 0 Å². The van der Waals surface area contributed by atoms with Gasteiger partial charge < -0.3 is 4.90 Å². The summed E-state index contributed by atoms with van der Waals surface area (Å²) in [5, 5.41) is 0.715. The van der Waals surface area contributed by atoms with Crippen molar-refractivity contribution in [2.24, 2.45) is 7.05 Å². The minimum atomic E-state index is -0.0367. The second kappa shape index (κ2) is 12.2. The fourth-order valence-corrected chi connectivity index (χ4v) is 4.36. The fraction of sp³-hybridized carbons (Fsp3) is 0.346. The Balaban J connectivity index is 1.57. The molecule has 168 valence electrons. The molecule has 3 aromatic rings. The molecule has 0 bridgehead atoms. The molecule has 1 amide bonds. The standard InChI is InChI=1S/C26H31N3O2S/c1-3-23-19-25(31)28(2)26(27-23)32-18-10-15-24(30)29(20-22-13-8-5-9-14-22)17-16-21-11-6-4-7-12-21/h4-9,11-14,19H,3,10,15-18,20H2,1-2H3. The molecule has 0 aliphatic rings. The van der Waals surface area contributed by atoms with Crippen molar-refractivity contribution >= 4 is 17.7 Å². The van der Waals surface area contributed by atoms with E-state index < -0.39 is 0 Å². The molecular formula is C26H31N3O2S. The van der Waals surface area contributed by atoms with E-state index in [-0.39, 0.29) is 11.5 Å². The highest BCUT2D eigenvalue weighted by molar-refractivity contribution is 7.99. The third-order valence-electron chi connectivity index (χ3n) is 5.36. The molecule has 1 aromatic heterocycles. The third-order valence-corrected chi connectivity index (χ3v) is 6.47. The number of nitrogens with zero attached hydrogens (tertiary/aromatic N) is 3. The number of carbonyl (C=O) groups excluding carboxylic acids is 1. The first kappa shape index (κ1) is 23.8. The van der Waals surface area contributed by atoms with Gasteiger partial charge in [0.2, 0.25) is 5.91 Å². The first-order valence-electron chi connectivity index (χ1n) is 11.1. The van der Waals surface area contributed by atoms with Crippen molar-refractivity contribution in [3.05, 3.63) is 93.9 Å². The van der Waals surface area contributed by atoms with Crippen LogP contribution in [0.4, 0.5) is 0 Å². The minimum Gasteiger partial charge on any atom is -0.338 e. The van der Waals surface area contributed by atoms with Gasteiger partial charge in [-0.15, -0.1) is 0 Å². The summed E-state index contributed by atoms with van der Waals surface area (Å²) in [6.07, 6.45) is 2.80. The van der Waals surface area contributed by atoms with Crippen LogP contribution in [0.3, 0.4) is 0 Å². The van der Waals surface area contributed by atoms with Crippen molar-refractivity contribution in [2.45, 2.75) is 44.3 Å². The van der Waals surface area contributed by atoms with Gasteiger partial charge in [0.05, 0.1) is 0 Å². The summed E-state index contributed by atoms with van der Waals surface area (Å²) in [7, 11) is 1.74. The third kappa shape index (κ3) is 7.09. The van der Waals surface area contributed by atoms with E-state index >= 15 is 0 Å². The molecule has 0 unspecified atom stereocenters. The number of carbonyl (C=O) groups is 1. The van der Waals surface area contributed by atoms with Gasteiger partial charge in [-0.1, -0.05) is 79.3 Å². The molecule has 0 radical (unpaired) electrons. The predicted octanol–water partition coefficient (Wildman–Crippen LogP) is 4.49. The minimum absolute atomic E-state index is 0.0367. The van der Waals surface area contributed by atoms with Gasteiger partial charge >= 0.3 is 0 Å². The second-order valence-electron chi connectivity index (χ2n) is 7.77. The van der Waals surface area contributed by atoms with Crippen molar-refractivity contribution < 1.29 is 4.79 Å². The summed E-state index contributed by atoms with van der Waals surface area (Å²) in [6, 6.07) is 22.0. The second-order valence-corrected chi connectivity index (χ2v) is 8.83. The van der Waals surface area contributed by atoms with Gasteiger partial charge in [-0.05, 0) is 30.4 Å². The monoisotopic (exact) mass is 449 g/mol.